The van der Waals surface area contributed by atoms with Crippen LogP contribution in [0, 0.1) is 6.42 Å². The van der Waals surface area contributed by atoms with Gasteiger partial charge < -0.3 is 9.64 Å². The van der Waals surface area contributed by atoms with Gasteiger partial charge in [0.25, 0.3) is 0 Å². The lowest BCUT2D eigenvalue weighted by molar-refractivity contribution is 0.257. The van der Waals surface area contributed by atoms with Gasteiger partial charge in [0.05, 0.1) is 7.11 Å². The normalized spacial score (nSPS) is 17.3. The Hall–Kier alpha value is -1.02. The van der Waals surface area contributed by atoms with Gasteiger partial charge in [0.1, 0.15) is 5.75 Å². The van der Waals surface area contributed by atoms with Crippen LogP contribution in [0.1, 0.15) is 18.4 Å². The summed E-state index contributed by atoms with van der Waals surface area (Å²) in [5.74, 6) is 0.941. The SMILES string of the molecule is COc1ccc(CCN2CC[CH]CC2)cc1. The summed E-state index contributed by atoms with van der Waals surface area (Å²) >= 11 is 0. The van der Waals surface area contributed by atoms with Gasteiger partial charge in [0.15, 0.2) is 0 Å². The fraction of sp³-hybridized carbons (Fsp3) is 0.500. The van der Waals surface area contributed by atoms with Crippen molar-refractivity contribution < 1.29 is 4.74 Å². The topological polar surface area (TPSA) is 12.5 Å². The third-order valence-electron chi connectivity index (χ3n) is 3.17. The number of rotatable bonds is 4. The first-order chi connectivity index (χ1) is 7.88. The predicted molar refractivity (Wildman–Crippen MR) is 66.7 cm³/mol. The average Bonchev–Trinajstić information content (AvgIpc) is 2.38. The fourth-order valence-electron chi connectivity index (χ4n) is 2.11. The molecule has 0 aliphatic carbocycles. The van der Waals surface area contributed by atoms with E-state index in [4.69, 9.17) is 4.74 Å². The van der Waals surface area contributed by atoms with E-state index in [1.807, 2.05) is 12.1 Å². The molecular formula is C14H20NO. The van der Waals surface area contributed by atoms with Crippen LogP contribution in [-0.4, -0.2) is 31.6 Å². The van der Waals surface area contributed by atoms with Gasteiger partial charge in [0.2, 0.25) is 0 Å². The number of hydrogen-bond acceptors (Lipinski definition) is 2. The maximum atomic E-state index is 5.15. The van der Waals surface area contributed by atoms with E-state index >= 15 is 0 Å². The van der Waals surface area contributed by atoms with Crippen LogP contribution in [0.5, 0.6) is 5.75 Å². The molecule has 1 fully saturated rings. The summed E-state index contributed by atoms with van der Waals surface area (Å²) in [6.45, 7) is 3.65. The Labute approximate surface area is 98.2 Å². The van der Waals surface area contributed by atoms with E-state index in [0.717, 1.165) is 12.2 Å². The first-order valence-corrected chi connectivity index (χ1v) is 6.05. The highest BCUT2D eigenvalue weighted by Crippen LogP contribution is 2.13. The first-order valence-electron chi connectivity index (χ1n) is 6.05. The second kappa shape index (κ2) is 5.90. The number of benzene rings is 1. The number of nitrogens with zero attached hydrogens (tertiary/aromatic N) is 1. The van der Waals surface area contributed by atoms with Crippen LogP contribution < -0.4 is 4.74 Å². The van der Waals surface area contributed by atoms with Crippen LogP contribution in [-0.2, 0) is 6.42 Å². The van der Waals surface area contributed by atoms with E-state index in [2.05, 4.69) is 23.5 Å². The third kappa shape index (κ3) is 3.24. The number of hydrogen-bond donors (Lipinski definition) is 0. The van der Waals surface area contributed by atoms with Gasteiger partial charge in [-0.25, -0.2) is 0 Å². The minimum Gasteiger partial charge on any atom is -0.497 e. The van der Waals surface area contributed by atoms with E-state index in [9.17, 15) is 0 Å². The minimum atomic E-state index is 0.941. The Morgan fingerprint density at radius 2 is 1.81 bits per heavy atom. The van der Waals surface area contributed by atoms with E-state index in [-0.39, 0.29) is 0 Å². The Balaban J connectivity index is 1.79. The van der Waals surface area contributed by atoms with Crippen LogP contribution in [0.25, 0.3) is 0 Å². The Morgan fingerprint density at radius 3 is 2.44 bits per heavy atom. The molecule has 2 rings (SSSR count). The molecule has 1 saturated heterocycles. The summed E-state index contributed by atoms with van der Waals surface area (Å²) in [6, 6.07) is 8.41. The molecule has 1 heterocycles. The quantitative estimate of drug-likeness (QED) is 0.770. The van der Waals surface area contributed by atoms with E-state index in [1.54, 1.807) is 7.11 Å². The molecule has 1 aromatic carbocycles. The molecule has 0 saturated carbocycles. The summed E-state index contributed by atoms with van der Waals surface area (Å²) in [4.78, 5) is 2.55. The zero-order valence-corrected chi connectivity index (χ0v) is 9.98. The molecule has 1 aromatic rings. The molecule has 0 spiro atoms. The zero-order valence-electron chi connectivity index (χ0n) is 9.98. The predicted octanol–water partition coefficient (Wildman–Crippen LogP) is 2.54. The van der Waals surface area contributed by atoms with Gasteiger partial charge in [-0.05, 0) is 56.5 Å². The highest BCUT2D eigenvalue weighted by Gasteiger charge is 2.09. The van der Waals surface area contributed by atoms with Crippen molar-refractivity contribution in [1.82, 2.24) is 4.90 Å². The minimum absolute atomic E-state index is 0.941. The van der Waals surface area contributed by atoms with E-state index in [0.29, 0.717) is 0 Å². The van der Waals surface area contributed by atoms with Gasteiger partial charge in [-0.2, -0.15) is 0 Å². The zero-order chi connectivity index (χ0) is 11.2. The second-order valence-electron chi connectivity index (χ2n) is 4.31. The second-order valence-corrected chi connectivity index (χ2v) is 4.31. The van der Waals surface area contributed by atoms with Crippen molar-refractivity contribution in [1.29, 1.82) is 0 Å². The van der Waals surface area contributed by atoms with E-state index < -0.39 is 0 Å². The summed E-state index contributed by atoms with van der Waals surface area (Å²) in [5, 5.41) is 0. The average molecular weight is 218 g/mol. The number of methoxy groups -OCH3 is 1. The maximum Gasteiger partial charge on any atom is 0.118 e. The molecule has 16 heavy (non-hydrogen) atoms. The highest BCUT2D eigenvalue weighted by atomic mass is 16.5. The fourth-order valence-corrected chi connectivity index (χ4v) is 2.11. The molecule has 0 atom stereocenters. The van der Waals surface area contributed by atoms with Crippen molar-refractivity contribution in [3.05, 3.63) is 36.2 Å². The Kier molecular flexibility index (Phi) is 4.23. The monoisotopic (exact) mass is 218 g/mol. The van der Waals surface area contributed by atoms with Crippen LogP contribution >= 0.6 is 0 Å². The van der Waals surface area contributed by atoms with Crippen molar-refractivity contribution in [3.8, 4) is 5.75 Å². The van der Waals surface area contributed by atoms with Crippen molar-refractivity contribution in [3.63, 3.8) is 0 Å². The van der Waals surface area contributed by atoms with Crippen molar-refractivity contribution >= 4 is 0 Å². The number of likely N-dealkylation sites (tertiary alicyclic amines) is 1. The largest absolute Gasteiger partial charge is 0.497 e. The number of ether oxygens (including phenoxy) is 1. The molecule has 2 heteroatoms. The molecule has 0 N–H and O–H groups in total. The Morgan fingerprint density at radius 1 is 1.12 bits per heavy atom. The molecule has 1 aliphatic rings. The van der Waals surface area contributed by atoms with Crippen molar-refractivity contribution in [2.24, 2.45) is 0 Å². The molecule has 0 bridgehead atoms. The summed E-state index contributed by atoms with van der Waals surface area (Å²) in [5.41, 5.74) is 1.40. The smallest absolute Gasteiger partial charge is 0.118 e. The molecule has 2 nitrogen and oxygen atoms in total. The maximum absolute atomic E-state index is 5.15. The molecular weight excluding hydrogens is 198 g/mol. The summed E-state index contributed by atoms with van der Waals surface area (Å²) in [6.07, 6.45) is 6.04. The van der Waals surface area contributed by atoms with Crippen molar-refractivity contribution in [2.75, 3.05) is 26.7 Å². The summed E-state index contributed by atoms with van der Waals surface area (Å²) < 4.78 is 5.15. The first kappa shape index (κ1) is 11.5. The van der Waals surface area contributed by atoms with Crippen molar-refractivity contribution in [2.45, 2.75) is 19.3 Å². The van der Waals surface area contributed by atoms with E-state index in [1.165, 1.54) is 38.0 Å². The lowest BCUT2D eigenvalue weighted by Gasteiger charge is -2.26. The standard InChI is InChI=1S/C14H20NO/c1-16-14-7-5-13(6-8-14)9-12-15-10-3-2-4-11-15/h2,5-8H,3-4,9-12H2,1H3. The Bertz CT molecular complexity index is 301. The number of piperidine rings is 1. The van der Waals surface area contributed by atoms with Gasteiger partial charge in [-0.3, -0.25) is 0 Å². The lowest BCUT2D eigenvalue weighted by Crippen LogP contribution is -2.31. The highest BCUT2D eigenvalue weighted by molar-refractivity contribution is 5.27. The van der Waals surface area contributed by atoms with Crippen LogP contribution in [0.15, 0.2) is 24.3 Å². The van der Waals surface area contributed by atoms with Crippen LogP contribution in [0.3, 0.4) is 0 Å². The van der Waals surface area contributed by atoms with Gasteiger partial charge in [-0.1, -0.05) is 12.1 Å². The lowest BCUT2D eigenvalue weighted by atomic mass is 10.1. The molecule has 0 amide bonds. The molecule has 87 valence electrons. The van der Waals surface area contributed by atoms with Gasteiger partial charge in [-0.15, -0.1) is 0 Å². The van der Waals surface area contributed by atoms with Gasteiger partial charge >= 0.3 is 0 Å². The third-order valence-corrected chi connectivity index (χ3v) is 3.17. The molecule has 1 aliphatic heterocycles. The summed E-state index contributed by atoms with van der Waals surface area (Å²) in [7, 11) is 1.71. The molecule has 0 unspecified atom stereocenters. The van der Waals surface area contributed by atoms with Crippen LogP contribution in [0.4, 0.5) is 0 Å². The molecule has 0 aromatic heterocycles. The molecule has 1 radical (unpaired) electrons. The van der Waals surface area contributed by atoms with Gasteiger partial charge in [0, 0.05) is 6.54 Å². The van der Waals surface area contributed by atoms with Crippen LogP contribution in [0.2, 0.25) is 0 Å².